The second kappa shape index (κ2) is 8.45. The molecule has 0 spiro atoms. The fourth-order valence-electron chi connectivity index (χ4n) is 4.42. The van der Waals surface area contributed by atoms with Crippen LogP contribution in [0.5, 0.6) is 0 Å². The Bertz CT molecular complexity index is 1540. The second-order valence-electron chi connectivity index (χ2n) is 8.29. The highest BCUT2D eigenvalue weighted by molar-refractivity contribution is 7.21. The van der Waals surface area contributed by atoms with Crippen molar-refractivity contribution in [1.82, 2.24) is 15.0 Å². The van der Waals surface area contributed by atoms with Crippen molar-refractivity contribution in [2.45, 2.75) is 6.92 Å². The minimum Gasteiger partial charge on any atom is -0.378 e. The SMILES string of the molecule is Cc1c(Nc2c(C#N)cnc3sc(-c4ccc(N5CCOCC5)nc4)cc23)ccc2[nH]ccc12. The minimum atomic E-state index is 0.520. The molecule has 1 saturated heterocycles. The lowest BCUT2D eigenvalue weighted by atomic mass is 10.1. The van der Waals surface area contributed by atoms with Crippen molar-refractivity contribution < 1.29 is 4.74 Å². The van der Waals surface area contributed by atoms with Crippen LogP contribution in [0.2, 0.25) is 0 Å². The van der Waals surface area contributed by atoms with Crippen LogP contribution < -0.4 is 10.2 Å². The van der Waals surface area contributed by atoms with E-state index in [1.165, 1.54) is 0 Å². The third-order valence-corrected chi connectivity index (χ3v) is 7.41. The molecule has 0 unspecified atom stereocenters. The fraction of sp³-hybridized carbons (Fsp3) is 0.192. The van der Waals surface area contributed by atoms with Crippen molar-refractivity contribution in [3.63, 3.8) is 0 Å². The summed E-state index contributed by atoms with van der Waals surface area (Å²) in [6, 6.07) is 14.7. The Morgan fingerprint density at radius 3 is 2.76 bits per heavy atom. The quantitative estimate of drug-likeness (QED) is 0.358. The van der Waals surface area contributed by atoms with Crippen LogP contribution in [0.4, 0.5) is 17.2 Å². The first kappa shape index (κ1) is 20.7. The zero-order valence-corrected chi connectivity index (χ0v) is 19.4. The molecule has 4 aromatic heterocycles. The molecule has 2 N–H and O–H groups in total. The number of benzene rings is 1. The summed E-state index contributed by atoms with van der Waals surface area (Å²) in [4.78, 5) is 16.7. The maximum Gasteiger partial charge on any atom is 0.128 e. The number of aromatic nitrogens is 3. The summed E-state index contributed by atoms with van der Waals surface area (Å²) in [5, 5.41) is 15.4. The van der Waals surface area contributed by atoms with Gasteiger partial charge in [-0.2, -0.15) is 5.26 Å². The Morgan fingerprint density at radius 1 is 1.09 bits per heavy atom. The number of anilines is 3. The normalized spacial score (nSPS) is 13.9. The van der Waals surface area contributed by atoms with Crippen molar-refractivity contribution in [3.05, 3.63) is 66.1 Å². The fourth-order valence-corrected chi connectivity index (χ4v) is 5.42. The highest BCUT2D eigenvalue weighted by atomic mass is 32.1. The summed E-state index contributed by atoms with van der Waals surface area (Å²) < 4.78 is 5.44. The first-order chi connectivity index (χ1) is 16.7. The Balaban J connectivity index is 1.38. The third kappa shape index (κ3) is 3.55. The van der Waals surface area contributed by atoms with Crippen LogP contribution in [0.1, 0.15) is 11.1 Å². The lowest BCUT2D eigenvalue weighted by Crippen LogP contribution is -2.36. The molecular formula is C26H22N6OS. The zero-order valence-electron chi connectivity index (χ0n) is 18.6. The molecule has 6 rings (SSSR count). The molecule has 0 radical (unpaired) electrons. The highest BCUT2D eigenvalue weighted by Gasteiger charge is 2.16. The number of rotatable bonds is 4. The first-order valence-electron chi connectivity index (χ1n) is 11.2. The van der Waals surface area contributed by atoms with Crippen LogP contribution in [-0.2, 0) is 4.74 Å². The largest absolute Gasteiger partial charge is 0.378 e. The van der Waals surface area contributed by atoms with Crippen LogP contribution in [0.25, 0.3) is 31.6 Å². The lowest BCUT2D eigenvalue weighted by molar-refractivity contribution is 0.122. The lowest BCUT2D eigenvalue weighted by Gasteiger charge is -2.27. The van der Waals surface area contributed by atoms with Gasteiger partial charge in [0.1, 0.15) is 16.7 Å². The van der Waals surface area contributed by atoms with E-state index in [1.807, 2.05) is 18.5 Å². The molecule has 0 bridgehead atoms. The van der Waals surface area contributed by atoms with Crippen molar-refractivity contribution in [3.8, 4) is 16.5 Å². The smallest absolute Gasteiger partial charge is 0.128 e. The number of morpholine rings is 1. The van der Waals surface area contributed by atoms with Gasteiger partial charge in [0, 0.05) is 64.1 Å². The Labute approximate surface area is 200 Å². The van der Waals surface area contributed by atoms with Gasteiger partial charge in [-0.3, -0.25) is 0 Å². The molecule has 5 heterocycles. The molecule has 0 amide bonds. The predicted molar refractivity (Wildman–Crippen MR) is 137 cm³/mol. The van der Waals surface area contributed by atoms with Gasteiger partial charge in [0.2, 0.25) is 0 Å². The number of nitrogens with one attached hydrogen (secondary N) is 2. The molecule has 1 aliphatic heterocycles. The molecule has 5 aromatic rings. The standard InChI is InChI=1S/C26H22N6OS/c1-16-19-6-7-28-22(19)4-3-21(16)31-25-18(13-27)15-30-26-20(25)12-23(34-26)17-2-5-24(29-14-17)32-8-10-33-11-9-32/h2-7,12,14-15,28H,8-11H2,1H3,(H,30,31). The number of nitrogens with zero attached hydrogens (tertiary/aromatic N) is 4. The van der Waals surface area contributed by atoms with Gasteiger partial charge in [-0.1, -0.05) is 0 Å². The van der Waals surface area contributed by atoms with Gasteiger partial charge in [0.25, 0.3) is 0 Å². The van der Waals surface area contributed by atoms with Crippen LogP contribution >= 0.6 is 11.3 Å². The molecule has 1 fully saturated rings. The van der Waals surface area contributed by atoms with Gasteiger partial charge in [0.05, 0.1) is 24.5 Å². The number of nitriles is 1. The molecule has 1 aliphatic rings. The Hall–Kier alpha value is -3.93. The minimum absolute atomic E-state index is 0.520. The Morgan fingerprint density at radius 2 is 1.97 bits per heavy atom. The molecule has 0 saturated carbocycles. The third-order valence-electron chi connectivity index (χ3n) is 6.31. The summed E-state index contributed by atoms with van der Waals surface area (Å²) in [6.45, 7) is 5.28. The van der Waals surface area contributed by atoms with Gasteiger partial charge in [0.15, 0.2) is 0 Å². The summed E-state index contributed by atoms with van der Waals surface area (Å²) >= 11 is 1.60. The average molecular weight is 467 g/mol. The number of fused-ring (bicyclic) bond motifs is 2. The first-order valence-corrected chi connectivity index (χ1v) is 12.0. The molecule has 34 heavy (non-hydrogen) atoms. The van der Waals surface area contributed by atoms with Gasteiger partial charge < -0.3 is 19.9 Å². The van der Waals surface area contributed by atoms with Crippen LogP contribution in [0, 0.1) is 18.3 Å². The van der Waals surface area contributed by atoms with E-state index >= 15 is 0 Å². The Kier molecular flexibility index (Phi) is 5.13. The van der Waals surface area contributed by atoms with Crippen molar-refractivity contribution in [2.75, 3.05) is 36.5 Å². The molecule has 168 valence electrons. The van der Waals surface area contributed by atoms with Crippen LogP contribution in [0.3, 0.4) is 0 Å². The summed E-state index contributed by atoms with van der Waals surface area (Å²) in [7, 11) is 0. The monoisotopic (exact) mass is 466 g/mol. The number of thiophene rings is 1. The van der Waals surface area contributed by atoms with E-state index in [2.05, 4.69) is 63.5 Å². The molecular weight excluding hydrogens is 444 g/mol. The summed E-state index contributed by atoms with van der Waals surface area (Å²) in [5.74, 6) is 0.969. The van der Waals surface area contributed by atoms with Crippen LogP contribution in [-0.4, -0.2) is 41.3 Å². The van der Waals surface area contributed by atoms with Crippen LogP contribution in [0.15, 0.2) is 55.0 Å². The molecule has 0 aliphatic carbocycles. The predicted octanol–water partition coefficient (Wildman–Crippen LogP) is 5.60. The summed E-state index contributed by atoms with van der Waals surface area (Å²) in [5.41, 5.74) is 5.53. The number of aryl methyl sites for hydroxylation is 1. The number of pyridine rings is 2. The highest BCUT2D eigenvalue weighted by Crippen LogP contribution is 2.39. The van der Waals surface area contributed by atoms with E-state index in [9.17, 15) is 5.26 Å². The van der Waals surface area contributed by atoms with Crippen molar-refractivity contribution in [2.24, 2.45) is 0 Å². The second-order valence-corrected chi connectivity index (χ2v) is 9.33. The molecule has 0 atom stereocenters. The van der Waals surface area contributed by atoms with Crippen molar-refractivity contribution >= 4 is 49.6 Å². The van der Waals surface area contributed by atoms with Gasteiger partial charge in [-0.05, 0) is 48.9 Å². The molecule has 7 nitrogen and oxygen atoms in total. The topological polar surface area (TPSA) is 89.9 Å². The summed E-state index contributed by atoms with van der Waals surface area (Å²) in [6.07, 6.45) is 5.50. The number of ether oxygens (including phenoxy) is 1. The van der Waals surface area contributed by atoms with Gasteiger partial charge in [-0.15, -0.1) is 11.3 Å². The van der Waals surface area contributed by atoms with Gasteiger partial charge in [-0.25, -0.2) is 9.97 Å². The van der Waals surface area contributed by atoms with Crippen molar-refractivity contribution in [1.29, 1.82) is 5.26 Å². The van der Waals surface area contributed by atoms with E-state index in [0.29, 0.717) is 5.56 Å². The number of hydrogen-bond donors (Lipinski definition) is 2. The number of hydrogen-bond acceptors (Lipinski definition) is 7. The number of aromatic amines is 1. The van der Waals surface area contributed by atoms with E-state index in [4.69, 9.17) is 9.72 Å². The number of H-pyrrole nitrogens is 1. The van der Waals surface area contributed by atoms with E-state index in [-0.39, 0.29) is 0 Å². The van der Waals surface area contributed by atoms with Gasteiger partial charge >= 0.3 is 0 Å². The molecule has 1 aromatic carbocycles. The van der Waals surface area contributed by atoms with E-state index in [0.717, 1.165) is 80.6 Å². The maximum atomic E-state index is 9.79. The molecule has 8 heteroatoms. The van der Waals surface area contributed by atoms with E-state index < -0.39 is 0 Å². The maximum absolute atomic E-state index is 9.79. The average Bonchev–Trinajstić information content (AvgIpc) is 3.54. The van der Waals surface area contributed by atoms with E-state index in [1.54, 1.807) is 17.5 Å². The zero-order chi connectivity index (χ0) is 23.1.